The fourth-order valence-electron chi connectivity index (χ4n) is 3.12. The van der Waals surface area contributed by atoms with Crippen molar-refractivity contribution in [3.05, 3.63) is 57.5 Å². The van der Waals surface area contributed by atoms with Crippen molar-refractivity contribution in [2.45, 2.75) is 32.1 Å². The van der Waals surface area contributed by atoms with Gasteiger partial charge in [-0.3, -0.25) is 19.4 Å². The number of carboxylic acid groups (broad SMARTS) is 1. The van der Waals surface area contributed by atoms with Crippen molar-refractivity contribution < 1.29 is 14.7 Å². The largest absolute Gasteiger partial charge is 0.481 e. The molecular formula is C20H23N5O4. The maximum Gasteiger partial charge on any atom is 0.303 e. The van der Waals surface area contributed by atoms with E-state index in [1.165, 1.54) is 0 Å². The molecule has 2 heterocycles. The Hall–Kier alpha value is -3.62. The maximum absolute atomic E-state index is 12.1. The molecule has 0 spiro atoms. The van der Waals surface area contributed by atoms with Gasteiger partial charge in [0.2, 0.25) is 5.95 Å². The van der Waals surface area contributed by atoms with Gasteiger partial charge in [-0.05, 0) is 48.9 Å². The Labute approximate surface area is 166 Å². The van der Waals surface area contributed by atoms with Gasteiger partial charge in [0.1, 0.15) is 5.65 Å². The molecule has 1 aromatic carbocycles. The van der Waals surface area contributed by atoms with E-state index in [4.69, 9.17) is 10.8 Å². The summed E-state index contributed by atoms with van der Waals surface area (Å²) in [6.07, 6.45) is 4.38. The van der Waals surface area contributed by atoms with Crippen LogP contribution in [0, 0.1) is 0 Å². The normalized spacial score (nSPS) is 10.9. The number of nitrogens with two attached hydrogens (primary N) is 1. The summed E-state index contributed by atoms with van der Waals surface area (Å²) in [4.78, 5) is 44.2. The Balaban J connectivity index is 1.54. The number of aromatic nitrogens is 3. The summed E-state index contributed by atoms with van der Waals surface area (Å²) in [5, 5.41) is 11.9. The molecule has 3 aromatic rings. The number of anilines is 1. The first-order valence-electron chi connectivity index (χ1n) is 9.38. The standard InChI is InChI=1S/C20H23N5O4/c21-20-24-17-16(19(29)25-20)14(11-23-17)9-6-12-4-7-13(8-5-12)18(28)22-10-2-1-3-15(26)27/h4-5,7-8,11H,1-3,6,9-10H2,(H,22,28)(H,26,27)(H4,21,23,24,25,29). The topological polar surface area (TPSA) is 154 Å². The lowest BCUT2D eigenvalue weighted by atomic mass is 10.0. The van der Waals surface area contributed by atoms with E-state index in [0.717, 1.165) is 11.1 Å². The molecule has 0 aliphatic heterocycles. The van der Waals surface area contributed by atoms with Gasteiger partial charge in [0.05, 0.1) is 5.39 Å². The number of aryl methyl sites for hydroxylation is 2. The van der Waals surface area contributed by atoms with Gasteiger partial charge in [-0.25, -0.2) is 0 Å². The zero-order valence-electron chi connectivity index (χ0n) is 15.8. The number of nitrogen functional groups attached to an aromatic ring is 1. The molecule has 6 N–H and O–H groups in total. The van der Waals surface area contributed by atoms with E-state index in [0.29, 0.717) is 48.8 Å². The van der Waals surface area contributed by atoms with Crippen molar-refractivity contribution in [1.82, 2.24) is 20.3 Å². The Morgan fingerprint density at radius 1 is 1.14 bits per heavy atom. The molecule has 2 aromatic heterocycles. The summed E-state index contributed by atoms with van der Waals surface area (Å²) in [6.45, 7) is 0.446. The third-order valence-corrected chi connectivity index (χ3v) is 4.64. The molecule has 1 amide bonds. The molecule has 3 rings (SSSR count). The van der Waals surface area contributed by atoms with E-state index in [2.05, 4.69) is 20.3 Å². The van der Waals surface area contributed by atoms with Crippen molar-refractivity contribution in [1.29, 1.82) is 0 Å². The van der Waals surface area contributed by atoms with Crippen LogP contribution in [0.5, 0.6) is 0 Å². The van der Waals surface area contributed by atoms with Gasteiger partial charge in [-0.1, -0.05) is 12.1 Å². The Morgan fingerprint density at radius 2 is 1.90 bits per heavy atom. The highest BCUT2D eigenvalue weighted by Gasteiger charge is 2.11. The average Bonchev–Trinajstić information content (AvgIpc) is 3.09. The first-order chi connectivity index (χ1) is 13.9. The number of rotatable bonds is 9. The molecule has 0 radical (unpaired) electrons. The number of hydrogen-bond acceptors (Lipinski definition) is 5. The number of H-pyrrole nitrogens is 2. The number of nitrogens with one attached hydrogen (secondary N) is 3. The molecule has 0 saturated heterocycles. The van der Waals surface area contributed by atoms with Crippen LogP contribution in [0.15, 0.2) is 35.3 Å². The Bertz CT molecular complexity index is 1070. The molecule has 0 fully saturated rings. The van der Waals surface area contributed by atoms with E-state index < -0.39 is 5.97 Å². The number of carbonyl (C=O) groups excluding carboxylic acids is 1. The number of carboxylic acids is 1. The van der Waals surface area contributed by atoms with Gasteiger partial charge in [0, 0.05) is 24.7 Å². The molecular weight excluding hydrogens is 374 g/mol. The zero-order chi connectivity index (χ0) is 20.8. The molecule has 0 bridgehead atoms. The predicted octanol–water partition coefficient (Wildman–Crippen LogP) is 1.60. The monoisotopic (exact) mass is 397 g/mol. The van der Waals surface area contributed by atoms with Gasteiger partial charge >= 0.3 is 5.97 Å². The minimum Gasteiger partial charge on any atom is -0.481 e. The second-order valence-electron chi connectivity index (χ2n) is 6.79. The highest BCUT2D eigenvalue weighted by molar-refractivity contribution is 5.94. The van der Waals surface area contributed by atoms with Crippen LogP contribution in [0.3, 0.4) is 0 Å². The maximum atomic E-state index is 12.1. The van der Waals surface area contributed by atoms with Crippen LogP contribution in [0.2, 0.25) is 0 Å². The number of fused-ring (bicyclic) bond motifs is 1. The molecule has 0 atom stereocenters. The lowest BCUT2D eigenvalue weighted by Gasteiger charge is -2.06. The smallest absolute Gasteiger partial charge is 0.303 e. The fourth-order valence-corrected chi connectivity index (χ4v) is 3.12. The third kappa shape index (κ3) is 5.22. The van der Waals surface area contributed by atoms with Crippen LogP contribution < -0.4 is 16.6 Å². The first-order valence-corrected chi connectivity index (χ1v) is 9.38. The van der Waals surface area contributed by atoms with Crippen LogP contribution in [0.25, 0.3) is 11.0 Å². The number of benzene rings is 1. The van der Waals surface area contributed by atoms with Gasteiger partial charge in [0.25, 0.3) is 11.5 Å². The minimum atomic E-state index is -0.829. The number of aromatic amines is 2. The summed E-state index contributed by atoms with van der Waals surface area (Å²) in [6, 6.07) is 7.28. The average molecular weight is 397 g/mol. The van der Waals surface area contributed by atoms with E-state index in [1.54, 1.807) is 18.3 Å². The SMILES string of the molecule is Nc1nc2[nH]cc(CCc3ccc(C(=O)NCCCCC(=O)O)cc3)c2c(=O)[nH]1. The molecule has 152 valence electrons. The molecule has 0 aliphatic carbocycles. The van der Waals surface area contributed by atoms with Gasteiger partial charge in [-0.15, -0.1) is 0 Å². The summed E-state index contributed by atoms with van der Waals surface area (Å²) in [5.74, 6) is -0.935. The van der Waals surface area contributed by atoms with Crippen LogP contribution >= 0.6 is 0 Å². The second-order valence-corrected chi connectivity index (χ2v) is 6.79. The van der Waals surface area contributed by atoms with E-state index in [-0.39, 0.29) is 23.8 Å². The second kappa shape index (κ2) is 9.05. The van der Waals surface area contributed by atoms with Gasteiger partial charge in [-0.2, -0.15) is 4.98 Å². The van der Waals surface area contributed by atoms with Crippen molar-refractivity contribution in [2.24, 2.45) is 0 Å². The van der Waals surface area contributed by atoms with Crippen LogP contribution in [-0.2, 0) is 17.6 Å². The van der Waals surface area contributed by atoms with Crippen molar-refractivity contribution in [3.63, 3.8) is 0 Å². The lowest BCUT2D eigenvalue weighted by Crippen LogP contribution is -2.24. The van der Waals surface area contributed by atoms with Crippen LogP contribution in [0.1, 0.15) is 40.7 Å². The number of hydrogen-bond donors (Lipinski definition) is 5. The molecule has 0 saturated carbocycles. The summed E-state index contributed by atoms with van der Waals surface area (Å²) in [5.41, 5.74) is 8.20. The predicted molar refractivity (Wildman–Crippen MR) is 109 cm³/mol. The van der Waals surface area contributed by atoms with Gasteiger partial charge < -0.3 is 21.1 Å². The molecule has 9 nitrogen and oxygen atoms in total. The molecule has 0 unspecified atom stereocenters. The highest BCUT2D eigenvalue weighted by atomic mass is 16.4. The number of nitrogens with zero attached hydrogens (tertiary/aromatic N) is 1. The Kier molecular flexibility index (Phi) is 6.28. The fraction of sp³-hybridized carbons (Fsp3) is 0.300. The Morgan fingerprint density at radius 3 is 2.62 bits per heavy atom. The molecule has 9 heteroatoms. The van der Waals surface area contributed by atoms with E-state index in [9.17, 15) is 14.4 Å². The van der Waals surface area contributed by atoms with Crippen LogP contribution in [0.4, 0.5) is 5.95 Å². The van der Waals surface area contributed by atoms with Crippen molar-refractivity contribution in [2.75, 3.05) is 12.3 Å². The highest BCUT2D eigenvalue weighted by Crippen LogP contribution is 2.16. The molecule has 29 heavy (non-hydrogen) atoms. The van der Waals surface area contributed by atoms with Crippen LogP contribution in [-0.4, -0.2) is 38.5 Å². The molecule has 0 aliphatic rings. The third-order valence-electron chi connectivity index (χ3n) is 4.64. The zero-order valence-corrected chi connectivity index (χ0v) is 15.8. The first kappa shape index (κ1) is 20.1. The summed E-state index contributed by atoms with van der Waals surface area (Å²) >= 11 is 0. The number of aliphatic carboxylic acids is 1. The van der Waals surface area contributed by atoms with E-state index in [1.807, 2.05) is 12.1 Å². The van der Waals surface area contributed by atoms with Gasteiger partial charge in [0.15, 0.2) is 0 Å². The van der Waals surface area contributed by atoms with Crippen molar-refractivity contribution >= 4 is 28.9 Å². The van der Waals surface area contributed by atoms with E-state index >= 15 is 0 Å². The number of carbonyl (C=O) groups is 2. The summed E-state index contributed by atoms with van der Waals surface area (Å²) in [7, 11) is 0. The number of amides is 1. The lowest BCUT2D eigenvalue weighted by molar-refractivity contribution is -0.137. The summed E-state index contributed by atoms with van der Waals surface area (Å²) < 4.78 is 0. The minimum absolute atomic E-state index is 0.0756. The van der Waals surface area contributed by atoms with Crippen molar-refractivity contribution in [3.8, 4) is 0 Å². The number of unbranched alkanes of at least 4 members (excludes halogenated alkanes) is 1. The quantitative estimate of drug-likeness (QED) is 0.346.